The summed E-state index contributed by atoms with van der Waals surface area (Å²) < 4.78 is 20.1. The third kappa shape index (κ3) is 5.12. The van der Waals surface area contributed by atoms with Crippen LogP contribution in [0.15, 0.2) is 78.9 Å². The first-order valence-corrected chi connectivity index (χ1v) is 11.0. The highest BCUT2D eigenvalue weighted by Gasteiger charge is 2.44. The second kappa shape index (κ2) is 9.96. The van der Waals surface area contributed by atoms with Crippen molar-refractivity contribution in [1.82, 2.24) is 10.2 Å². The Bertz CT molecular complexity index is 1130. The predicted molar refractivity (Wildman–Crippen MR) is 125 cm³/mol. The Morgan fingerprint density at radius 3 is 2.48 bits per heavy atom. The number of morpholine rings is 1. The summed E-state index contributed by atoms with van der Waals surface area (Å²) in [6, 6.07) is 24.2. The van der Waals surface area contributed by atoms with Gasteiger partial charge in [0, 0.05) is 20.0 Å². The largest absolute Gasteiger partial charge is 0.361 e. The van der Waals surface area contributed by atoms with Crippen molar-refractivity contribution in [1.29, 1.82) is 0 Å². The van der Waals surface area contributed by atoms with Crippen LogP contribution in [-0.4, -0.2) is 49.1 Å². The molecular formula is C27H27FN2O3. The molecule has 0 spiro atoms. The van der Waals surface area contributed by atoms with E-state index in [0.717, 1.165) is 16.7 Å². The van der Waals surface area contributed by atoms with Crippen molar-refractivity contribution in [2.75, 3.05) is 26.7 Å². The smallest absolute Gasteiger partial charge is 0.254 e. The molecule has 0 saturated carbocycles. The molecule has 33 heavy (non-hydrogen) atoms. The van der Waals surface area contributed by atoms with E-state index in [1.807, 2.05) is 54.6 Å². The molecule has 0 unspecified atom stereocenters. The van der Waals surface area contributed by atoms with Crippen LogP contribution >= 0.6 is 0 Å². The normalized spacial score (nSPS) is 18.1. The van der Waals surface area contributed by atoms with Crippen LogP contribution in [0.25, 0.3) is 11.1 Å². The van der Waals surface area contributed by atoms with Crippen molar-refractivity contribution in [3.63, 3.8) is 0 Å². The molecule has 1 heterocycles. The van der Waals surface area contributed by atoms with E-state index in [9.17, 15) is 14.0 Å². The van der Waals surface area contributed by atoms with Gasteiger partial charge < -0.3 is 15.0 Å². The van der Waals surface area contributed by atoms with Crippen LogP contribution in [0.1, 0.15) is 11.1 Å². The second-order valence-electron chi connectivity index (χ2n) is 8.25. The topological polar surface area (TPSA) is 58.6 Å². The summed E-state index contributed by atoms with van der Waals surface area (Å²) in [5.74, 6) is -0.917. The summed E-state index contributed by atoms with van der Waals surface area (Å²) in [5, 5.41) is 2.70. The molecule has 6 heteroatoms. The summed E-state index contributed by atoms with van der Waals surface area (Å²) in [5.41, 5.74) is 2.19. The number of nitrogens with one attached hydrogen (secondary N) is 1. The number of carbonyl (C=O) groups is 2. The van der Waals surface area contributed by atoms with Gasteiger partial charge >= 0.3 is 0 Å². The van der Waals surface area contributed by atoms with E-state index in [0.29, 0.717) is 18.5 Å². The van der Waals surface area contributed by atoms with Crippen LogP contribution in [0.4, 0.5) is 4.39 Å². The van der Waals surface area contributed by atoms with Gasteiger partial charge in [-0.3, -0.25) is 9.59 Å². The van der Waals surface area contributed by atoms with E-state index in [1.165, 1.54) is 6.07 Å². The highest BCUT2D eigenvalue weighted by Crippen LogP contribution is 2.27. The van der Waals surface area contributed by atoms with Gasteiger partial charge in [0.2, 0.25) is 5.91 Å². The molecule has 1 fully saturated rings. The van der Waals surface area contributed by atoms with Gasteiger partial charge in [-0.15, -0.1) is 0 Å². The maximum Gasteiger partial charge on any atom is 0.254 e. The number of carbonyl (C=O) groups excluding carboxylic acids is 2. The fourth-order valence-electron chi connectivity index (χ4n) is 4.29. The molecule has 0 aromatic heterocycles. The van der Waals surface area contributed by atoms with Crippen molar-refractivity contribution in [3.05, 3.63) is 95.8 Å². The Kier molecular flexibility index (Phi) is 6.84. The molecular weight excluding hydrogens is 419 g/mol. The van der Waals surface area contributed by atoms with Crippen LogP contribution in [0.5, 0.6) is 0 Å². The maximum absolute atomic E-state index is 14.1. The number of hydrogen-bond donors (Lipinski definition) is 1. The van der Waals surface area contributed by atoms with Gasteiger partial charge in [-0.25, -0.2) is 4.39 Å². The average Bonchev–Trinajstić information content (AvgIpc) is 2.85. The van der Waals surface area contributed by atoms with Gasteiger partial charge in [0.05, 0.1) is 19.6 Å². The Labute approximate surface area is 193 Å². The van der Waals surface area contributed by atoms with E-state index < -0.39 is 11.4 Å². The zero-order valence-electron chi connectivity index (χ0n) is 18.6. The highest BCUT2D eigenvalue weighted by molar-refractivity contribution is 5.87. The van der Waals surface area contributed by atoms with Crippen LogP contribution in [0.2, 0.25) is 0 Å². The van der Waals surface area contributed by atoms with Gasteiger partial charge in [-0.1, -0.05) is 72.8 Å². The van der Waals surface area contributed by atoms with E-state index in [2.05, 4.69) is 5.32 Å². The lowest BCUT2D eigenvalue weighted by Crippen LogP contribution is -2.61. The third-order valence-corrected chi connectivity index (χ3v) is 6.00. The van der Waals surface area contributed by atoms with Gasteiger partial charge in [0.25, 0.3) is 5.91 Å². The Morgan fingerprint density at radius 2 is 1.73 bits per heavy atom. The van der Waals surface area contributed by atoms with E-state index in [4.69, 9.17) is 4.74 Å². The molecule has 0 bridgehead atoms. The number of nitrogens with zero attached hydrogens (tertiary/aromatic N) is 1. The second-order valence-corrected chi connectivity index (χ2v) is 8.25. The molecule has 3 aromatic rings. The zero-order chi connectivity index (χ0) is 23.3. The van der Waals surface area contributed by atoms with E-state index >= 15 is 0 Å². The lowest BCUT2D eigenvalue weighted by atomic mass is 9.89. The van der Waals surface area contributed by atoms with E-state index in [1.54, 1.807) is 30.1 Å². The van der Waals surface area contributed by atoms with Crippen LogP contribution < -0.4 is 5.32 Å². The lowest BCUT2D eigenvalue weighted by molar-refractivity contribution is -0.165. The molecule has 0 aliphatic carbocycles. The fraction of sp³-hybridized carbons (Fsp3) is 0.259. The molecule has 5 nitrogen and oxygen atoms in total. The van der Waals surface area contributed by atoms with Gasteiger partial charge in [-0.05, 0) is 28.3 Å². The number of benzene rings is 3. The highest BCUT2D eigenvalue weighted by atomic mass is 19.1. The number of amides is 2. The van der Waals surface area contributed by atoms with Crippen LogP contribution in [-0.2, 0) is 27.2 Å². The average molecular weight is 447 g/mol. The first-order valence-electron chi connectivity index (χ1n) is 11.0. The molecule has 170 valence electrons. The number of hydrogen-bond acceptors (Lipinski definition) is 3. The third-order valence-electron chi connectivity index (χ3n) is 6.00. The molecule has 0 radical (unpaired) electrons. The van der Waals surface area contributed by atoms with Gasteiger partial charge in [-0.2, -0.15) is 0 Å². The Morgan fingerprint density at radius 1 is 1.00 bits per heavy atom. The van der Waals surface area contributed by atoms with Crippen LogP contribution in [0, 0.1) is 5.82 Å². The summed E-state index contributed by atoms with van der Waals surface area (Å²) in [7, 11) is 1.56. The summed E-state index contributed by atoms with van der Waals surface area (Å²) in [6.45, 7) is 0.695. The molecule has 2 amide bonds. The zero-order valence-corrected chi connectivity index (χ0v) is 18.6. The minimum absolute atomic E-state index is 0.0556. The van der Waals surface area contributed by atoms with Crippen molar-refractivity contribution < 1.29 is 18.7 Å². The molecule has 1 atom stereocenters. The minimum atomic E-state index is -1.22. The van der Waals surface area contributed by atoms with Crippen molar-refractivity contribution >= 4 is 11.8 Å². The molecule has 1 aliphatic rings. The van der Waals surface area contributed by atoms with Crippen molar-refractivity contribution in [3.8, 4) is 11.1 Å². The molecule has 4 rings (SSSR count). The molecule has 3 aromatic carbocycles. The number of likely N-dealkylation sites (N-methyl/N-ethyl adjacent to an activating group) is 1. The standard InChI is InChI=1S/C27H27FN2O3/c1-29-26(32)27(18-20-8-7-12-22(16-20)21-9-3-2-4-10-21)19-30(14-15-33-27)25(31)17-23-11-5-6-13-24(23)28/h2-13,16H,14-15,17-19H2,1H3,(H,29,32)/t27-/m0/s1. The number of halogens is 1. The Hall–Kier alpha value is -3.51. The SMILES string of the molecule is CNC(=O)[C@]1(Cc2cccc(-c3ccccc3)c2)CN(C(=O)Cc2ccccc2F)CCO1. The minimum Gasteiger partial charge on any atom is -0.361 e. The van der Waals surface area contributed by atoms with Crippen LogP contribution in [0.3, 0.4) is 0 Å². The van der Waals surface area contributed by atoms with E-state index in [-0.39, 0.29) is 31.4 Å². The monoisotopic (exact) mass is 446 g/mol. The summed E-state index contributed by atoms with van der Waals surface area (Å²) in [6.07, 6.45) is 0.261. The number of rotatable bonds is 6. The molecule has 1 saturated heterocycles. The Balaban J connectivity index is 1.57. The quantitative estimate of drug-likeness (QED) is 0.629. The number of ether oxygens (including phenoxy) is 1. The maximum atomic E-state index is 14.1. The van der Waals surface area contributed by atoms with Crippen molar-refractivity contribution in [2.45, 2.75) is 18.4 Å². The predicted octanol–water partition coefficient (Wildman–Crippen LogP) is 3.62. The molecule has 1 N–H and O–H groups in total. The first-order chi connectivity index (χ1) is 16.0. The van der Waals surface area contributed by atoms with Crippen molar-refractivity contribution in [2.24, 2.45) is 0 Å². The summed E-state index contributed by atoms with van der Waals surface area (Å²) >= 11 is 0. The lowest BCUT2D eigenvalue weighted by Gasteiger charge is -2.41. The molecule has 1 aliphatic heterocycles. The summed E-state index contributed by atoms with van der Waals surface area (Å²) in [4.78, 5) is 27.6. The fourth-order valence-corrected chi connectivity index (χ4v) is 4.29. The van der Waals surface area contributed by atoms with Gasteiger partial charge in [0.1, 0.15) is 5.82 Å². The first kappa shape index (κ1) is 22.7. The van der Waals surface area contributed by atoms with Gasteiger partial charge in [0.15, 0.2) is 5.60 Å².